The molecule has 1 N–H and O–H groups in total. The zero-order chi connectivity index (χ0) is 19.4. The Hall–Kier alpha value is -2.91. The molecule has 3 rings (SSSR count). The van der Waals surface area contributed by atoms with E-state index in [0.717, 1.165) is 17.3 Å². The Bertz CT molecular complexity index is 991. The number of nitrogens with one attached hydrogen (secondary N) is 1. The fraction of sp³-hybridized carbons (Fsp3) is 0.118. The van der Waals surface area contributed by atoms with Crippen LogP contribution in [0.1, 0.15) is 5.56 Å². The molecule has 8 nitrogen and oxygen atoms in total. The summed E-state index contributed by atoms with van der Waals surface area (Å²) in [5.74, 6) is 0.0624. The Morgan fingerprint density at radius 1 is 1.26 bits per heavy atom. The lowest BCUT2D eigenvalue weighted by Gasteiger charge is -2.07. The van der Waals surface area contributed by atoms with Crippen LogP contribution in [0.5, 0.6) is 0 Å². The van der Waals surface area contributed by atoms with E-state index >= 15 is 0 Å². The van der Waals surface area contributed by atoms with E-state index in [1.54, 1.807) is 12.1 Å². The molecule has 0 atom stereocenters. The number of nitrogens with zero attached hydrogens (tertiary/aromatic N) is 3. The number of hydrogen-bond donors (Lipinski definition) is 1. The maximum absolute atomic E-state index is 12.1. The number of carbonyl (C=O) groups is 1. The van der Waals surface area contributed by atoms with E-state index in [-0.39, 0.29) is 28.5 Å². The molecule has 0 saturated carbocycles. The van der Waals surface area contributed by atoms with Crippen molar-refractivity contribution in [3.05, 3.63) is 63.2 Å². The minimum Gasteiger partial charge on any atom is -0.411 e. The van der Waals surface area contributed by atoms with Crippen LogP contribution in [0.15, 0.2) is 52.1 Å². The first-order valence-corrected chi connectivity index (χ1v) is 9.06. The van der Waals surface area contributed by atoms with Gasteiger partial charge in [0.15, 0.2) is 0 Å². The molecule has 0 aliphatic carbocycles. The highest BCUT2D eigenvalue weighted by Crippen LogP contribution is 2.25. The number of non-ortho nitro benzene ring substituents is 1. The van der Waals surface area contributed by atoms with Gasteiger partial charge in [0.2, 0.25) is 11.8 Å². The van der Waals surface area contributed by atoms with Gasteiger partial charge in [0, 0.05) is 28.4 Å². The molecule has 0 saturated heterocycles. The fourth-order valence-electron chi connectivity index (χ4n) is 2.15. The number of hydrogen-bond acceptors (Lipinski definition) is 7. The molecule has 0 unspecified atom stereocenters. The van der Waals surface area contributed by atoms with Crippen LogP contribution in [0.2, 0.25) is 5.02 Å². The average Bonchev–Trinajstić information content (AvgIpc) is 3.12. The molecule has 0 radical (unpaired) electrons. The van der Waals surface area contributed by atoms with Crippen molar-refractivity contribution >= 4 is 40.6 Å². The third kappa shape index (κ3) is 4.83. The molecular formula is C17H13ClN4O4S. The summed E-state index contributed by atoms with van der Waals surface area (Å²) in [5, 5.41) is 22.0. The number of carbonyl (C=O) groups excluding carboxylic acids is 1. The molecule has 10 heteroatoms. The summed E-state index contributed by atoms with van der Waals surface area (Å²) in [4.78, 5) is 22.3. The van der Waals surface area contributed by atoms with E-state index in [0.29, 0.717) is 16.3 Å². The molecule has 3 aromatic rings. The van der Waals surface area contributed by atoms with Crippen LogP contribution in [-0.4, -0.2) is 26.8 Å². The van der Waals surface area contributed by atoms with Crippen molar-refractivity contribution in [2.75, 3.05) is 11.1 Å². The highest BCUT2D eigenvalue weighted by molar-refractivity contribution is 7.99. The predicted molar refractivity (Wildman–Crippen MR) is 102 cm³/mol. The Morgan fingerprint density at radius 2 is 2.00 bits per heavy atom. The minimum absolute atomic E-state index is 0.0270. The highest BCUT2D eigenvalue weighted by atomic mass is 35.5. The van der Waals surface area contributed by atoms with Crippen molar-refractivity contribution < 1.29 is 14.1 Å². The lowest BCUT2D eigenvalue weighted by Crippen LogP contribution is -2.14. The fourth-order valence-corrected chi connectivity index (χ4v) is 2.89. The van der Waals surface area contributed by atoms with Crippen molar-refractivity contribution in [2.45, 2.75) is 12.1 Å². The molecule has 138 valence electrons. The van der Waals surface area contributed by atoms with Gasteiger partial charge in [-0.3, -0.25) is 14.9 Å². The van der Waals surface area contributed by atoms with E-state index in [2.05, 4.69) is 15.5 Å². The molecule has 0 aliphatic rings. The molecule has 0 aliphatic heterocycles. The van der Waals surface area contributed by atoms with Crippen LogP contribution >= 0.6 is 23.4 Å². The summed E-state index contributed by atoms with van der Waals surface area (Å²) in [5.41, 5.74) is 2.07. The van der Waals surface area contributed by atoms with Crippen molar-refractivity contribution in [1.29, 1.82) is 0 Å². The van der Waals surface area contributed by atoms with Crippen molar-refractivity contribution in [3.8, 4) is 11.5 Å². The van der Waals surface area contributed by atoms with Crippen LogP contribution in [0.25, 0.3) is 11.5 Å². The van der Waals surface area contributed by atoms with Crippen LogP contribution in [0, 0.1) is 17.0 Å². The van der Waals surface area contributed by atoms with Gasteiger partial charge in [0.25, 0.3) is 10.9 Å². The summed E-state index contributed by atoms with van der Waals surface area (Å²) in [6.07, 6.45) is 0. The number of aryl methyl sites for hydroxylation is 1. The quantitative estimate of drug-likeness (QED) is 0.369. The Balaban J connectivity index is 1.60. The van der Waals surface area contributed by atoms with Crippen LogP contribution in [-0.2, 0) is 4.79 Å². The molecule has 1 aromatic heterocycles. The monoisotopic (exact) mass is 404 g/mol. The number of rotatable bonds is 6. The molecule has 2 aromatic carbocycles. The second kappa shape index (κ2) is 8.19. The van der Waals surface area contributed by atoms with E-state index in [1.165, 1.54) is 24.3 Å². The first-order valence-electron chi connectivity index (χ1n) is 7.69. The summed E-state index contributed by atoms with van der Waals surface area (Å²) >= 11 is 7.02. The number of thioether (sulfide) groups is 1. The number of halogens is 1. The molecule has 0 fully saturated rings. The van der Waals surface area contributed by atoms with Gasteiger partial charge in [-0.15, -0.1) is 10.2 Å². The number of nitro groups is 1. The normalized spacial score (nSPS) is 10.6. The van der Waals surface area contributed by atoms with Gasteiger partial charge in [-0.25, -0.2) is 0 Å². The zero-order valence-corrected chi connectivity index (χ0v) is 15.6. The molecular weight excluding hydrogens is 392 g/mol. The Morgan fingerprint density at radius 3 is 2.70 bits per heavy atom. The number of amides is 1. The predicted octanol–water partition coefficient (Wildman–Crippen LogP) is 4.34. The topological polar surface area (TPSA) is 111 Å². The first-order chi connectivity index (χ1) is 12.9. The maximum atomic E-state index is 12.1. The first kappa shape index (κ1) is 18.9. The number of nitro benzene ring substituents is 1. The molecule has 0 spiro atoms. The SMILES string of the molecule is Cc1ccc(Cl)cc1NC(=O)CSc1nnc(-c2ccc([N+](=O)[O-])cc2)o1. The summed E-state index contributed by atoms with van der Waals surface area (Å²) < 4.78 is 5.48. The second-order valence-electron chi connectivity index (χ2n) is 5.47. The Labute approximate surface area is 163 Å². The lowest BCUT2D eigenvalue weighted by molar-refractivity contribution is -0.384. The van der Waals surface area contributed by atoms with E-state index in [9.17, 15) is 14.9 Å². The summed E-state index contributed by atoms with van der Waals surface area (Å²) in [6, 6.07) is 11.0. The van der Waals surface area contributed by atoms with E-state index in [1.807, 2.05) is 13.0 Å². The minimum atomic E-state index is -0.487. The highest BCUT2D eigenvalue weighted by Gasteiger charge is 2.13. The van der Waals surface area contributed by atoms with Crippen molar-refractivity contribution in [3.63, 3.8) is 0 Å². The van der Waals surface area contributed by atoms with Crippen LogP contribution < -0.4 is 5.32 Å². The van der Waals surface area contributed by atoms with E-state index < -0.39 is 4.92 Å². The number of aromatic nitrogens is 2. The third-order valence-corrected chi connectivity index (χ3v) is 4.59. The molecule has 1 heterocycles. The second-order valence-corrected chi connectivity index (χ2v) is 6.84. The van der Waals surface area contributed by atoms with Crippen LogP contribution in [0.4, 0.5) is 11.4 Å². The summed E-state index contributed by atoms with van der Waals surface area (Å²) in [6.45, 7) is 1.87. The number of benzene rings is 2. The van der Waals surface area contributed by atoms with Gasteiger partial charge in [-0.2, -0.15) is 0 Å². The summed E-state index contributed by atoms with van der Waals surface area (Å²) in [7, 11) is 0. The lowest BCUT2D eigenvalue weighted by atomic mass is 10.2. The third-order valence-electron chi connectivity index (χ3n) is 3.53. The zero-order valence-electron chi connectivity index (χ0n) is 14.0. The van der Waals surface area contributed by atoms with Gasteiger partial charge in [0.05, 0.1) is 10.7 Å². The van der Waals surface area contributed by atoms with Gasteiger partial charge < -0.3 is 9.73 Å². The van der Waals surface area contributed by atoms with Gasteiger partial charge in [0.1, 0.15) is 0 Å². The maximum Gasteiger partial charge on any atom is 0.277 e. The molecule has 0 bridgehead atoms. The van der Waals surface area contributed by atoms with Crippen molar-refractivity contribution in [2.24, 2.45) is 0 Å². The Kier molecular flexibility index (Phi) is 5.72. The van der Waals surface area contributed by atoms with Crippen LogP contribution in [0.3, 0.4) is 0 Å². The smallest absolute Gasteiger partial charge is 0.277 e. The molecule has 1 amide bonds. The average molecular weight is 405 g/mol. The van der Waals surface area contributed by atoms with E-state index in [4.69, 9.17) is 16.0 Å². The standard InChI is InChI=1S/C17H13ClN4O4S/c1-10-2-5-12(18)8-14(10)19-15(23)9-27-17-21-20-16(26-17)11-3-6-13(7-4-11)22(24)25/h2-8H,9H2,1H3,(H,19,23). The van der Waals surface area contributed by atoms with Gasteiger partial charge in [-0.05, 0) is 36.8 Å². The largest absolute Gasteiger partial charge is 0.411 e. The van der Waals surface area contributed by atoms with Gasteiger partial charge in [-0.1, -0.05) is 29.4 Å². The van der Waals surface area contributed by atoms with Gasteiger partial charge >= 0.3 is 0 Å². The van der Waals surface area contributed by atoms with Crippen molar-refractivity contribution in [1.82, 2.24) is 10.2 Å². The number of anilines is 1. The molecule has 27 heavy (non-hydrogen) atoms.